The van der Waals surface area contributed by atoms with Gasteiger partial charge in [-0.2, -0.15) is 11.8 Å². The maximum absolute atomic E-state index is 12.3. The molecule has 3 rings (SSSR count). The van der Waals surface area contributed by atoms with Crippen LogP contribution in [0, 0.1) is 0 Å². The lowest BCUT2D eigenvalue weighted by atomic mass is 10.0. The zero-order chi connectivity index (χ0) is 14.1. The molecule has 0 saturated carbocycles. The number of rotatable bonds is 2. The van der Waals surface area contributed by atoms with Gasteiger partial charge < -0.3 is 4.98 Å². The molecule has 0 aliphatic carbocycles. The first-order valence-corrected chi connectivity index (χ1v) is 9.08. The third-order valence-corrected chi connectivity index (χ3v) is 6.30. The number of hydrogen-bond donors (Lipinski definition) is 1. The molecule has 0 spiro atoms. The van der Waals surface area contributed by atoms with Gasteiger partial charge in [0.05, 0.1) is 16.2 Å². The average Bonchev–Trinajstić information content (AvgIpc) is 2.47. The van der Waals surface area contributed by atoms with Crippen LogP contribution in [0.5, 0.6) is 0 Å². The van der Waals surface area contributed by atoms with Gasteiger partial charge in [0.25, 0.3) is 5.56 Å². The Morgan fingerprint density at radius 2 is 2.20 bits per heavy atom. The van der Waals surface area contributed by atoms with Crippen LogP contribution in [-0.4, -0.2) is 27.2 Å². The first kappa shape index (κ1) is 14.0. The number of benzene rings is 1. The van der Waals surface area contributed by atoms with Crippen LogP contribution in [0.4, 0.5) is 0 Å². The summed E-state index contributed by atoms with van der Waals surface area (Å²) >= 11 is 3.82. The van der Waals surface area contributed by atoms with Gasteiger partial charge in [0, 0.05) is 17.3 Å². The molecule has 0 radical (unpaired) electrons. The topological polar surface area (TPSA) is 45.8 Å². The summed E-state index contributed by atoms with van der Waals surface area (Å²) in [5.74, 6) is 4.60. The molecular formula is C15H18N2OS2. The van der Waals surface area contributed by atoms with Gasteiger partial charge in [-0.05, 0) is 23.6 Å². The molecule has 1 aromatic carbocycles. The monoisotopic (exact) mass is 306 g/mol. The highest BCUT2D eigenvalue weighted by Gasteiger charge is 2.19. The predicted molar refractivity (Wildman–Crippen MR) is 89.0 cm³/mol. The van der Waals surface area contributed by atoms with Gasteiger partial charge in [0.1, 0.15) is 5.82 Å². The minimum atomic E-state index is -0.0105. The minimum absolute atomic E-state index is 0.0105. The van der Waals surface area contributed by atoms with Gasteiger partial charge in [-0.1, -0.05) is 19.9 Å². The van der Waals surface area contributed by atoms with Gasteiger partial charge in [-0.25, -0.2) is 4.98 Å². The summed E-state index contributed by atoms with van der Waals surface area (Å²) < 4.78 is 0. The van der Waals surface area contributed by atoms with E-state index in [9.17, 15) is 4.79 Å². The number of aromatic nitrogens is 2. The van der Waals surface area contributed by atoms with Crippen molar-refractivity contribution in [1.82, 2.24) is 9.97 Å². The van der Waals surface area contributed by atoms with Crippen molar-refractivity contribution in [1.29, 1.82) is 0 Å². The van der Waals surface area contributed by atoms with Gasteiger partial charge in [-0.15, -0.1) is 11.8 Å². The number of hydrogen-bond acceptors (Lipinski definition) is 4. The Kier molecular flexibility index (Phi) is 4.08. The summed E-state index contributed by atoms with van der Waals surface area (Å²) in [6, 6.07) is 6.02. The molecular weight excluding hydrogens is 288 g/mol. The number of H-pyrrole nitrogens is 1. The van der Waals surface area contributed by atoms with Crippen molar-refractivity contribution in [2.75, 3.05) is 17.3 Å². The van der Waals surface area contributed by atoms with Gasteiger partial charge in [-0.3, -0.25) is 4.79 Å². The SMILES string of the molecule is CC(C)c1ccc2nc([C@H]3CSCCS3)[nH]c(=O)c2c1. The molecule has 1 aliphatic heterocycles. The molecule has 1 atom stereocenters. The lowest BCUT2D eigenvalue weighted by Gasteiger charge is -2.20. The zero-order valence-electron chi connectivity index (χ0n) is 11.7. The van der Waals surface area contributed by atoms with E-state index < -0.39 is 0 Å². The number of fused-ring (bicyclic) bond motifs is 1. The quantitative estimate of drug-likeness (QED) is 0.921. The Labute approximate surface area is 127 Å². The highest BCUT2D eigenvalue weighted by atomic mass is 32.2. The Bertz CT molecular complexity index is 675. The molecule has 2 aromatic rings. The van der Waals surface area contributed by atoms with Crippen LogP contribution in [0.15, 0.2) is 23.0 Å². The second-order valence-corrected chi connectivity index (χ2v) is 7.78. The molecule has 1 N–H and O–H groups in total. The normalized spacial score (nSPS) is 19.6. The summed E-state index contributed by atoms with van der Waals surface area (Å²) in [6.45, 7) is 4.26. The maximum Gasteiger partial charge on any atom is 0.258 e. The van der Waals surface area contributed by atoms with Crippen LogP contribution in [0.25, 0.3) is 10.9 Å². The summed E-state index contributed by atoms with van der Waals surface area (Å²) in [5, 5.41) is 1.02. The Hall–Kier alpha value is -0.940. The molecule has 1 fully saturated rings. The van der Waals surface area contributed by atoms with E-state index in [-0.39, 0.29) is 5.56 Å². The van der Waals surface area contributed by atoms with Gasteiger partial charge in [0.2, 0.25) is 0 Å². The highest BCUT2D eigenvalue weighted by molar-refractivity contribution is 8.06. The number of nitrogens with one attached hydrogen (secondary N) is 1. The molecule has 1 aromatic heterocycles. The first-order chi connectivity index (χ1) is 9.65. The third-order valence-electron chi connectivity index (χ3n) is 3.54. The van der Waals surface area contributed by atoms with E-state index >= 15 is 0 Å². The Balaban J connectivity index is 2.05. The smallest absolute Gasteiger partial charge is 0.258 e. The lowest BCUT2D eigenvalue weighted by Crippen LogP contribution is -2.17. The highest BCUT2D eigenvalue weighted by Crippen LogP contribution is 2.35. The maximum atomic E-state index is 12.3. The van der Waals surface area contributed by atoms with Crippen LogP contribution in [0.1, 0.15) is 36.4 Å². The number of thioether (sulfide) groups is 2. The van der Waals surface area contributed by atoms with Crippen molar-refractivity contribution in [3.63, 3.8) is 0 Å². The van der Waals surface area contributed by atoms with Crippen molar-refractivity contribution in [3.05, 3.63) is 39.9 Å². The molecule has 0 unspecified atom stereocenters. The predicted octanol–water partition coefficient (Wildman–Crippen LogP) is 3.57. The van der Waals surface area contributed by atoms with Crippen molar-refractivity contribution >= 4 is 34.4 Å². The van der Waals surface area contributed by atoms with E-state index in [4.69, 9.17) is 0 Å². The molecule has 0 amide bonds. The second kappa shape index (κ2) is 5.82. The second-order valence-electron chi connectivity index (χ2n) is 5.32. The molecule has 20 heavy (non-hydrogen) atoms. The van der Waals surface area contributed by atoms with Crippen LogP contribution in [-0.2, 0) is 0 Å². The molecule has 3 nitrogen and oxygen atoms in total. The molecule has 106 valence electrons. The van der Waals surface area contributed by atoms with Crippen LogP contribution in [0.3, 0.4) is 0 Å². The summed E-state index contributed by atoms with van der Waals surface area (Å²) in [5.41, 5.74) is 1.98. The molecule has 1 saturated heterocycles. The molecule has 0 bridgehead atoms. The Morgan fingerprint density at radius 1 is 1.35 bits per heavy atom. The molecule has 1 aliphatic rings. The largest absolute Gasteiger partial charge is 0.309 e. The fraction of sp³-hybridized carbons (Fsp3) is 0.467. The lowest BCUT2D eigenvalue weighted by molar-refractivity contribution is 0.866. The van der Waals surface area contributed by atoms with Crippen molar-refractivity contribution in [3.8, 4) is 0 Å². The summed E-state index contributed by atoms with van der Waals surface area (Å²) in [7, 11) is 0. The van der Waals surface area contributed by atoms with Crippen molar-refractivity contribution < 1.29 is 0 Å². The first-order valence-electron chi connectivity index (χ1n) is 6.88. The van der Waals surface area contributed by atoms with Crippen LogP contribution in [0.2, 0.25) is 0 Å². The standard InChI is InChI=1S/C15H18N2OS2/c1-9(2)10-3-4-12-11(7-10)15(18)17-14(16-12)13-8-19-5-6-20-13/h3-4,7,9,13H,5-6,8H2,1-2H3,(H,16,17,18)/t13-/m1/s1. The minimum Gasteiger partial charge on any atom is -0.309 e. The van der Waals surface area contributed by atoms with E-state index in [1.165, 1.54) is 11.3 Å². The molecule has 5 heteroatoms. The fourth-order valence-corrected chi connectivity index (χ4v) is 4.95. The van der Waals surface area contributed by atoms with E-state index in [1.807, 2.05) is 35.7 Å². The van der Waals surface area contributed by atoms with Crippen molar-refractivity contribution in [2.24, 2.45) is 0 Å². The van der Waals surface area contributed by atoms with E-state index in [0.29, 0.717) is 16.6 Å². The van der Waals surface area contributed by atoms with Crippen LogP contribution < -0.4 is 5.56 Å². The summed E-state index contributed by atoms with van der Waals surface area (Å²) in [6.07, 6.45) is 0. The van der Waals surface area contributed by atoms with E-state index in [2.05, 4.69) is 29.9 Å². The van der Waals surface area contributed by atoms with E-state index in [1.54, 1.807) is 0 Å². The summed E-state index contributed by atoms with van der Waals surface area (Å²) in [4.78, 5) is 20.0. The van der Waals surface area contributed by atoms with E-state index in [0.717, 1.165) is 22.8 Å². The van der Waals surface area contributed by atoms with Crippen molar-refractivity contribution in [2.45, 2.75) is 25.0 Å². The van der Waals surface area contributed by atoms with Crippen LogP contribution >= 0.6 is 23.5 Å². The number of nitrogens with zero attached hydrogens (tertiary/aromatic N) is 1. The van der Waals surface area contributed by atoms with Gasteiger partial charge in [0.15, 0.2) is 0 Å². The fourth-order valence-electron chi connectivity index (χ4n) is 2.33. The average molecular weight is 306 g/mol. The number of aromatic amines is 1. The zero-order valence-corrected chi connectivity index (χ0v) is 13.3. The van der Waals surface area contributed by atoms with Gasteiger partial charge >= 0.3 is 0 Å². The molecule has 2 heterocycles. The Morgan fingerprint density at radius 3 is 2.90 bits per heavy atom. The third kappa shape index (κ3) is 2.74.